The van der Waals surface area contributed by atoms with Crippen LogP contribution in [-0.2, 0) is 10.1 Å². The summed E-state index contributed by atoms with van der Waals surface area (Å²) in [6.45, 7) is 1.71. The van der Waals surface area contributed by atoms with Gasteiger partial charge in [0.1, 0.15) is 6.26 Å². The summed E-state index contributed by atoms with van der Waals surface area (Å²) in [5.41, 5.74) is 0. The van der Waals surface area contributed by atoms with Crippen LogP contribution in [0.2, 0.25) is 0 Å². The smallest absolute Gasteiger partial charge is 0.128 e. The second-order valence-corrected chi connectivity index (χ2v) is 0.566. The van der Waals surface area contributed by atoms with Crippen molar-refractivity contribution in [2.45, 2.75) is 6.92 Å². The van der Waals surface area contributed by atoms with Crippen molar-refractivity contribution in [3.8, 4) is 0 Å². The maximum absolute atomic E-state index is 8.94. The largest absolute Gasteiger partial charge is 0.314 e. The Morgan fingerprint density at radius 3 is 2.40 bits per heavy atom. The number of rotatable bonds is 1. The molecule has 0 aliphatic heterocycles. The summed E-state index contributed by atoms with van der Waals surface area (Å²) in [6, 6.07) is 0. The van der Waals surface area contributed by atoms with E-state index in [4.69, 9.17) is 5.26 Å². The maximum Gasteiger partial charge on any atom is 0.128 e. The van der Waals surface area contributed by atoms with E-state index in [1.807, 2.05) is 0 Å². The van der Waals surface area contributed by atoms with Crippen LogP contribution in [0.3, 0.4) is 0 Å². The fraction of sp³-hybridized carbons (Fsp3) is 0.333. The number of allylic oxidation sites excluding steroid dienone is 1. The van der Waals surface area contributed by atoms with Gasteiger partial charge in [-0.2, -0.15) is 0 Å². The van der Waals surface area contributed by atoms with E-state index in [2.05, 4.69) is 4.89 Å². The molecular weight excluding hydrogens is 68.0 g/mol. The van der Waals surface area contributed by atoms with Gasteiger partial charge in [-0.05, 0) is 13.0 Å². The lowest BCUT2D eigenvalue weighted by Gasteiger charge is -1.67. The summed E-state index contributed by atoms with van der Waals surface area (Å²) in [5.74, 6) is 0. The molecule has 0 atom stereocenters. The van der Waals surface area contributed by atoms with Crippen LogP contribution in [0.5, 0.6) is 0 Å². The minimum absolute atomic E-state index is 1.07. The molecule has 0 aromatic carbocycles. The van der Waals surface area contributed by atoms with Crippen LogP contribution in [0.4, 0.5) is 0 Å². The van der Waals surface area contributed by atoms with E-state index < -0.39 is 0 Å². The maximum atomic E-state index is 8.94. The average molecular weight is 73.1 g/mol. The summed E-state index contributed by atoms with van der Waals surface area (Å²) >= 11 is 0. The molecule has 29 valence electrons. The molecule has 0 aliphatic carbocycles. The first-order chi connectivity index (χ1) is 2.41. The highest BCUT2D eigenvalue weighted by Gasteiger charge is 1.52. The highest BCUT2D eigenvalue weighted by Crippen LogP contribution is 1.64. The van der Waals surface area contributed by atoms with E-state index in [0.717, 1.165) is 6.26 Å². The van der Waals surface area contributed by atoms with E-state index in [9.17, 15) is 0 Å². The third-order valence-electron chi connectivity index (χ3n) is 0.192. The molecule has 0 saturated heterocycles. The zero-order valence-electron chi connectivity index (χ0n) is 2.97. The molecule has 0 aromatic heterocycles. The van der Waals surface area contributed by atoms with Crippen molar-refractivity contribution in [3.05, 3.63) is 12.3 Å². The quantitative estimate of drug-likeness (QED) is 0.257. The third kappa shape index (κ3) is 3.50. The van der Waals surface area contributed by atoms with Crippen molar-refractivity contribution in [2.24, 2.45) is 0 Å². The predicted molar refractivity (Wildman–Crippen MR) is 16.6 cm³/mol. The highest BCUT2D eigenvalue weighted by molar-refractivity contribution is 4.62. The lowest BCUT2D eigenvalue weighted by atomic mass is 10.7. The first-order valence-corrected chi connectivity index (χ1v) is 1.31. The van der Waals surface area contributed by atoms with Gasteiger partial charge in [-0.1, -0.05) is 0 Å². The van der Waals surface area contributed by atoms with Gasteiger partial charge in [-0.25, -0.2) is 0 Å². The Bertz CT molecular complexity index is 31.9. The fourth-order valence-electron chi connectivity index (χ4n) is 0.0556. The van der Waals surface area contributed by atoms with Gasteiger partial charge in [0.15, 0.2) is 0 Å². The molecule has 0 unspecified atom stereocenters. The van der Waals surface area contributed by atoms with Crippen molar-refractivity contribution in [3.63, 3.8) is 0 Å². The molecule has 0 N–H and O–H groups in total. The number of hydrogen-bond donors (Lipinski definition) is 0. The molecule has 0 fully saturated rings. The zero-order valence-corrected chi connectivity index (χ0v) is 2.97. The standard InChI is InChI=1S/C3H5O2/c1-2-3-5-4/h2-3H,1H3/b3-2+. The molecule has 0 bridgehead atoms. The molecule has 0 aromatic rings. The minimum atomic E-state index is 1.07. The molecule has 0 amide bonds. The first-order valence-electron chi connectivity index (χ1n) is 1.31. The van der Waals surface area contributed by atoms with Crippen LogP contribution in [0, 0.1) is 0 Å². The van der Waals surface area contributed by atoms with Crippen LogP contribution < -0.4 is 0 Å². The molecule has 0 rings (SSSR count). The first kappa shape index (κ1) is 4.50. The summed E-state index contributed by atoms with van der Waals surface area (Å²) in [5, 5.41) is 8.94. The van der Waals surface area contributed by atoms with Gasteiger partial charge in [0, 0.05) is 5.26 Å². The van der Waals surface area contributed by atoms with Gasteiger partial charge in [-0.15, -0.1) is 0 Å². The van der Waals surface area contributed by atoms with Gasteiger partial charge in [-0.3, -0.25) is 0 Å². The Labute approximate surface area is 30.6 Å². The van der Waals surface area contributed by atoms with Gasteiger partial charge < -0.3 is 4.89 Å². The molecule has 0 spiro atoms. The molecule has 0 heterocycles. The molecular formula is C3H5O2. The Balaban J connectivity index is 2.62. The van der Waals surface area contributed by atoms with Crippen molar-refractivity contribution in [1.29, 1.82) is 0 Å². The second-order valence-electron chi connectivity index (χ2n) is 0.566. The molecule has 0 aliphatic rings. The number of hydrogen-bond acceptors (Lipinski definition) is 1. The summed E-state index contributed by atoms with van der Waals surface area (Å²) in [4.78, 5) is 3.26. The molecule has 5 heavy (non-hydrogen) atoms. The van der Waals surface area contributed by atoms with E-state index in [1.165, 1.54) is 6.08 Å². The molecule has 0 saturated carbocycles. The minimum Gasteiger partial charge on any atom is -0.314 e. The van der Waals surface area contributed by atoms with Crippen molar-refractivity contribution >= 4 is 0 Å². The lowest BCUT2D eigenvalue weighted by molar-refractivity contribution is -0.254. The van der Waals surface area contributed by atoms with E-state index in [-0.39, 0.29) is 0 Å². The third-order valence-corrected chi connectivity index (χ3v) is 0.192. The monoisotopic (exact) mass is 73.0 g/mol. The Morgan fingerprint density at radius 2 is 2.40 bits per heavy atom. The summed E-state index contributed by atoms with van der Waals surface area (Å²) in [7, 11) is 0. The molecule has 1 radical (unpaired) electrons. The van der Waals surface area contributed by atoms with Crippen LogP contribution >= 0.6 is 0 Å². The topological polar surface area (TPSA) is 29.1 Å². The van der Waals surface area contributed by atoms with Crippen molar-refractivity contribution < 1.29 is 10.1 Å². The van der Waals surface area contributed by atoms with Gasteiger partial charge in [0.25, 0.3) is 0 Å². The highest BCUT2D eigenvalue weighted by atomic mass is 17.1. The Morgan fingerprint density at radius 1 is 1.80 bits per heavy atom. The Hall–Kier alpha value is -0.500. The van der Waals surface area contributed by atoms with Crippen molar-refractivity contribution in [1.82, 2.24) is 0 Å². The fourth-order valence-corrected chi connectivity index (χ4v) is 0.0556. The summed E-state index contributed by atoms with van der Waals surface area (Å²) in [6.07, 6.45) is 2.59. The van der Waals surface area contributed by atoms with Gasteiger partial charge >= 0.3 is 0 Å². The van der Waals surface area contributed by atoms with Crippen LogP contribution in [-0.4, -0.2) is 0 Å². The van der Waals surface area contributed by atoms with Gasteiger partial charge in [0.05, 0.1) is 0 Å². The van der Waals surface area contributed by atoms with E-state index >= 15 is 0 Å². The molecule has 2 nitrogen and oxygen atoms in total. The SMILES string of the molecule is C/C=C/O[O]. The normalized spacial score (nSPS) is 9.20. The zero-order chi connectivity index (χ0) is 4.12. The van der Waals surface area contributed by atoms with Crippen molar-refractivity contribution in [2.75, 3.05) is 0 Å². The average Bonchev–Trinajstić information content (AvgIpc) is 1.41. The summed E-state index contributed by atoms with van der Waals surface area (Å²) < 4.78 is 0. The second kappa shape index (κ2) is 3.50. The van der Waals surface area contributed by atoms with Crippen LogP contribution in [0.1, 0.15) is 6.92 Å². The lowest BCUT2D eigenvalue weighted by Crippen LogP contribution is -1.55. The van der Waals surface area contributed by atoms with Gasteiger partial charge in [0.2, 0.25) is 0 Å². The van der Waals surface area contributed by atoms with E-state index in [0.29, 0.717) is 0 Å². The van der Waals surface area contributed by atoms with E-state index in [1.54, 1.807) is 6.92 Å². The van der Waals surface area contributed by atoms with Crippen LogP contribution in [0.25, 0.3) is 0 Å². The predicted octanol–water partition coefficient (Wildman–Crippen LogP) is 0.882. The molecule has 2 heteroatoms. The van der Waals surface area contributed by atoms with Crippen LogP contribution in [0.15, 0.2) is 12.3 Å². The Kier molecular flexibility index (Phi) is 3.15.